The topological polar surface area (TPSA) is 58.6 Å². The Morgan fingerprint density at radius 3 is 2.28 bits per heavy atom. The molecule has 5 nitrogen and oxygen atoms in total. The van der Waals surface area contributed by atoms with Gasteiger partial charge in [-0.1, -0.05) is 6.92 Å². The average molecular weight is 398 g/mol. The third-order valence-corrected chi connectivity index (χ3v) is 5.52. The van der Waals surface area contributed by atoms with E-state index in [4.69, 9.17) is 4.74 Å². The van der Waals surface area contributed by atoms with Crippen molar-refractivity contribution in [2.45, 2.75) is 32.2 Å². The highest BCUT2D eigenvalue weighted by Gasteiger charge is 2.31. The van der Waals surface area contributed by atoms with E-state index in [1.165, 1.54) is 12.1 Å². The van der Waals surface area contributed by atoms with Crippen LogP contribution in [-0.4, -0.2) is 42.8 Å². The number of anilines is 1. The number of hydrogen-bond donors (Lipinski definition) is 1. The summed E-state index contributed by atoms with van der Waals surface area (Å²) in [7, 11) is 1.60. The van der Waals surface area contributed by atoms with Crippen molar-refractivity contribution >= 4 is 17.4 Å². The molecule has 2 aromatic rings. The molecule has 29 heavy (non-hydrogen) atoms. The molecular formula is C23H27FN2O3. The number of nitrogens with zero attached hydrogens (tertiary/aromatic N) is 1. The van der Waals surface area contributed by atoms with E-state index >= 15 is 0 Å². The number of Topliss-reactive ketones (excluding diaryl/α,β-unsaturated/α-hetero) is 1. The molecule has 0 radical (unpaired) electrons. The van der Waals surface area contributed by atoms with Gasteiger partial charge in [-0.15, -0.1) is 0 Å². The van der Waals surface area contributed by atoms with Crippen molar-refractivity contribution in [1.82, 2.24) is 4.90 Å². The second-order valence-corrected chi connectivity index (χ2v) is 7.32. The lowest BCUT2D eigenvalue weighted by atomic mass is 9.88. The van der Waals surface area contributed by atoms with Gasteiger partial charge >= 0.3 is 0 Å². The fraction of sp³-hybridized carbons (Fsp3) is 0.391. The van der Waals surface area contributed by atoms with E-state index in [1.54, 1.807) is 43.5 Å². The molecule has 1 unspecified atom stereocenters. The lowest BCUT2D eigenvalue weighted by Gasteiger charge is -2.36. The zero-order valence-corrected chi connectivity index (χ0v) is 16.9. The molecule has 0 saturated carbocycles. The van der Waals surface area contributed by atoms with Crippen LogP contribution < -0.4 is 10.1 Å². The Labute approximate surface area is 170 Å². The van der Waals surface area contributed by atoms with Crippen LogP contribution in [0.2, 0.25) is 0 Å². The quantitative estimate of drug-likeness (QED) is 0.712. The number of carbonyl (C=O) groups is 2. The van der Waals surface area contributed by atoms with Crippen molar-refractivity contribution in [3.05, 3.63) is 59.9 Å². The van der Waals surface area contributed by atoms with Crippen molar-refractivity contribution in [3.8, 4) is 5.75 Å². The van der Waals surface area contributed by atoms with Gasteiger partial charge in [-0.25, -0.2) is 4.39 Å². The number of hydrogen-bond acceptors (Lipinski definition) is 4. The summed E-state index contributed by atoms with van der Waals surface area (Å²) in [4.78, 5) is 27.6. The number of rotatable bonds is 7. The average Bonchev–Trinajstić information content (AvgIpc) is 2.76. The zero-order chi connectivity index (χ0) is 20.8. The minimum absolute atomic E-state index is 0.0303. The van der Waals surface area contributed by atoms with Gasteiger partial charge in [-0.2, -0.15) is 0 Å². The first-order valence-corrected chi connectivity index (χ1v) is 10.0. The van der Waals surface area contributed by atoms with Gasteiger partial charge in [0.05, 0.1) is 13.2 Å². The predicted octanol–water partition coefficient (Wildman–Crippen LogP) is 4.15. The van der Waals surface area contributed by atoms with Crippen molar-refractivity contribution in [2.24, 2.45) is 5.92 Å². The number of halogens is 1. The SMILES string of the molecule is CCC(C(=O)Nc1ccc(F)cc1)N1CCC(C(=O)c2ccc(OC)cc2)CC1. The minimum Gasteiger partial charge on any atom is -0.497 e. The van der Waals surface area contributed by atoms with Crippen LogP contribution in [0.4, 0.5) is 10.1 Å². The first-order chi connectivity index (χ1) is 14.0. The molecule has 2 aromatic carbocycles. The fourth-order valence-electron chi connectivity index (χ4n) is 3.83. The highest BCUT2D eigenvalue weighted by molar-refractivity contribution is 5.98. The molecule has 1 atom stereocenters. The Morgan fingerprint density at radius 1 is 1.10 bits per heavy atom. The third kappa shape index (κ3) is 5.21. The summed E-state index contributed by atoms with van der Waals surface area (Å²) >= 11 is 0. The maximum atomic E-state index is 13.0. The van der Waals surface area contributed by atoms with E-state index in [1.807, 2.05) is 6.92 Å². The first-order valence-electron chi connectivity index (χ1n) is 10.0. The molecule has 1 aliphatic heterocycles. The van der Waals surface area contributed by atoms with E-state index in [9.17, 15) is 14.0 Å². The summed E-state index contributed by atoms with van der Waals surface area (Å²) in [5.74, 6) is 0.417. The molecule has 6 heteroatoms. The Kier molecular flexibility index (Phi) is 6.99. The fourth-order valence-corrected chi connectivity index (χ4v) is 3.83. The molecule has 1 fully saturated rings. The molecule has 0 bridgehead atoms. The lowest BCUT2D eigenvalue weighted by Crippen LogP contribution is -2.48. The van der Waals surface area contributed by atoms with Crippen LogP contribution >= 0.6 is 0 Å². The molecule has 0 spiro atoms. The lowest BCUT2D eigenvalue weighted by molar-refractivity contribution is -0.121. The normalized spacial score (nSPS) is 16.2. The highest BCUT2D eigenvalue weighted by atomic mass is 19.1. The zero-order valence-electron chi connectivity index (χ0n) is 16.9. The van der Waals surface area contributed by atoms with Crippen LogP contribution in [0.1, 0.15) is 36.5 Å². The number of ether oxygens (including phenoxy) is 1. The molecule has 0 aromatic heterocycles. The summed E-state index contributed by atoms with van der Waals surface area (Å²) in [6.07, 6.45) is 2.13. The van der Waals surface area contributed by atoms with E-state index in [-0.39, 0.29) is 29.5 Å². The number of nitrogens with one attached hydrogen (secondary N) is 1. The molecule has 154 valence electrons. The maximum Gasteiger partial charge on any atom is 0.241 e. The van der Waals surface area contributed by atoms with Crippen molar-refractivity contribution in [1.29, 1.82) is 0 Å². The Hall–Kier alpha value is -2.73. The molecule has 1 saturated heterocycles. The maximum absolute atomic E-state index is 13.0. The number of benzene rings is 2. The number of carbonyl (C=O) groups excluding carboxylic acids is 2. The Bertz CT molecular complexity index is 828. The number of amides is 1. The van der Waals surface area contributed by atoms with Crippen LogP contribution in [0, 0.1) is 11.7 Å². The largest absolute Gasteiger partial charge is 0.497 e. The Morgan fingerprint density at radius 2 is 1.72 bits per heavy atom. The second-order valence-electron chi connectivity index (χ2n) is 7.32. The van der Waals surface area contributed by atoms with Gasteiger partial charge in [0.2, 0.25) is 5.91 Å². The van der Waals surface area contributed by atoms with Gasteiger partial charge in [0.15, 0.2) is 5.78 Å². The monoisotopic (exact) mass is 398 g/mol. The molecule has 1 aliphatic rings. The van der Waals surface area contributed by atoms with Gasteiger partial charge in [-0.3, -0.25) is 14.5 Å². The second kappa shape index (κ2) is 9.65. The summed E-state index contributed by atoms with van der Waals surface area (Å²) in [6, 6.07) is 12.7. The molecule has 0 aliphatic carbocycles. The summed E-state index contributed by atoms with van der Waals surface area (Å²) < 4.78 is 18.2. The Balaban J connectivity index is 1.56. The molecule has 1 heterocycles. The van der Waals surface area contributed by atoms with Crippen LogP contribution in [0.3, 0.4) is 0 Å². The van der Waals surface area contributed by atoms with Gasteiger partial charge in [0.25, 0.3) is 0 Å². The molecular weight excluding hydrogens is 371 g/mol. The van der Waals surface area contributed by atoms with Gasteiger partial charge < -0.3 is 10.1 Å². The third-order valence-electron chi connectivity index (χ3n) is 5.52. The van der Waals surface area contributed by atoms with Crippen LogP contribution in [0.5, 0.6) is 5.75 Å². The van der Waals surface area contributed by atoms with E-state index in [2.05, 4.69) is 10.2 Å². The molecule has 1 N–H and O–H groups in total. The number of likely N-dealkylation sites (tertiary alicyclic amines) is 1. The van der Waals surface area contributed by atoms with Crippen molar-refractivity contribution in [3.63, 3.8) is 0 Å². The van der Waals surface area contributed by atoms with Crippen molar-refractivity contribution < 1.29 is 18.7 Å². The number of piperidine rings is 1. The molecule has 1 amide bonds. The first kappa shape index (κ1) is 21.0. The summed E-state index contributed by atoms with van der Waals surface area (Å²) in [6.45, 7) is 3.37. The van der Waals surface area contributed by atoms with Crippen LogP contribution in [0.15, 0.2) is 48.5 Å². The predicted molar refractivity (Wildman–Crippen MR) is 111 cm³/mol. The highest BCUT2D eigenvalue weighted by Crippen LogP contribution is 2.25. The van der Waals surface area contributed by atoms with E-state index in [0.717, 1.165) is 18.6 Å². The van der Waals surface area contributed by atoms with Crippen LogP contribution in [0.25, 0.3) is 0 Å². The van der Waals surface area contributed by atoms with E-state index < -0.39 is 0 Å². The number of ketones is 1. The number of methoxy groups -OCH3 is 1. The standard InChI is InChI=1S/C23H27FN2O3/c1-3-21(23(28)25-19-8-6-18(24)7-9-19)26-14-12-17(13-15-26)22(27)16-4-10-20(29-2)11-5-16/h4-11,17,21H,3,12-15H2,1-2H3,(H,25,28). The smallest absolute Gasteiger partial charge is 0.241 e. The van der Waals surface area contributed by atoms with Crippen LogP contribution in [-0.2, 0) is 4.79 Å². The van der Waals surface area contributed by atoms with Gasteiger partial charge in [-0.05, 0) is 80.9 Å². The minimum atomic E-state index is -0.335. The van der Waals surface area contributed by atoms with Gasteiger partial charge in [0, 0.05) is 17.2 Å². The summed E-state index contributed by atoms with van der Waals surface area (Å²) in [5.41, 5.74) is 1.28. The van der Waals surface area contributed by atoms with Crippen molar-refractivity contribution in [2.75, 3.05) is 25.5 Å². The summed E-state index contributed by atoms with van der Waals surface area (Å²) in [5, 5.41) is 2.86. The molecule has 3 rings (SSSR count). The van der Waals surface area contributed by atoms with E-state index in [0.29, 0.717) is 30.8 Å². The van der Waals surface area contributed by atoms with Gasteiger partial charge in [0.1, 0.15) is 11.6 Å².